The Morgan fingerprint density at radius 3 is 2.62 bits per heavy atom. The van der Waals surface area contributed by atoms with Crippen molar-refractivity contribution >= 4 is 11.6 Å². The van der Waals surface area contributed by atoms with Gasteiger partial charge < -0.3 is 0 Å². The smallest absolute Gasteiger partial charge is 0.267 e. The largest absolute Gasteiger partial charge is 0.271 e. The number of nitrogens with zero attached hydrogens (tertiary/aromatic N) is 1. The lowest BCUT2D eigenvalue weighted by Crippen LogP contribution is -2.24. The number of benzene rings is 1. The van der Waals surface area contributed by atoms with E-state index in [2.05, 4.69) is 24.4 Å². The van der Waals surface area contributed by atoms with Crippen LogP contribution in [0.5, 0.6) is 0 Å². The lowest BCUT2D eigenvalue weighted by molar-refractivity contribution is 0.0954. The third kappa shape index (κ3) is 2.87. The van der Waals surface area contributed by atoms with Gasteiger partial charge in [0.2, 0.25) is 0 Å². The maximum atomic E-state index is 12.2. The highest BCUT2D eigenvalue weighted by Gasteiger charge is 2.40. The first-order chi connectivity index (χ1) is 10.0. The van der Waals surface area contributed by atoms with Crippen LogP contribution in [0, 0.1) is 31.6 Å². The molecule has 0 saturated heterocycles. The molecule has 2 fully saturated rings. The fraction of sp³-hybridized carbons (Fsp3) is 0.556. The molecule has 0 aliphatic heterocycles. The number of hydrazone groups is 1. The van der Waals surface area contributed by atoms with E-state index in [1.54, 1.807) is 0 Å². The monoisotopic (exact) mass is 284 g/mol. The molecule has 1 amide bonds. The first-order valence-corrected chi connectivity index (χ1v) is 7.96. The molecule has 1 aromatic rings. The summed E-state index contributed by atoms with van der Waals surface area (Å²) in [7, 11) is 0. The molecule has 2 aliphatic carbocycles. The summed E-state index contributed by atoms with van der Waals surface area (Å²) < 4.78 is 0. The maximum Gasteiger partial charge on any atom is 0.271 e. The summed E-state index contributed by atoms with van der Waals surface area (Å²) in [6.45, 7) is 6.14. The average Bonchev–Trinajstić information content (AvgIpc) is 3.10. The highest BCUT2D eigenvalue weighted by Crippen LogP contribution is 2.48. The van der Waals surface area contributed by atoms with Gasteiger partial charge in [-0.1, -0.05) is 12.5 Å². The van der Waals surface area contributed by atoms with Gasteiger partial charge in [0, 0.05) is 17.2 Å². The van der Waals surface area contributed by atoms with Crippen LogP contribution >= 0.6 is 0 Å². The van der Waals surface area contributed by atoms with Gasteiger partial charge >= 0.3 is 0 Å². The molecular weight excluding hydrogens is 260 g/mol. The Morgan fingerprint density at radius 2 is 2.00 bits per heavy atom. The van der Waals surface area contributed by atoms with Crippen LogP contribution in [0.2, 0.25) is 0 Å². The summed E-state index contributed by atoms with van der Waals surface area (Å²) in [4.78, 5) is 12.2. The lowest BCUT2D eigenvalue weighted by atomic mass is 9.86. The van der Waals surface area contributed by atoms with Gasteiger partial charge in [0.25, 0.3) is 5.91 Å². The van der Waals surface area contributed by atoms with E-state index in [-0.39, 0.29) is 5.91 Å². The predicted molar refractivity (Wildman–Crippen MR) is 85.4 cm³/mol. The molecule has 0 unspecified atom stereocenters. The van der Waals surface area contributed by atoms with Gasteiger partial charge in [0.1, 0.15) is 0 Å². The number of aryl methyl sites for hydroxylation is 2. The van der Waals surface area contributed by atoms with Crippen LogP contribution in [0.4, 0.5) is 0 Å². The molecule has 1 N–H and O–H groups in total. The second-order valence-electron chi connectivity index (χ2n) is 6.77. The molecule has 3 heteroatoms. The zero-order valence-electron chi connectivity index (χ0n) is 13.1. The fourth-order valence-electron chi connectivity index (χ4n) is 3.93. The third-order valence-corrected chi connectivity index (χ3v) is 5.38. The van der Waals surface area contributed by atoms with Crippen LogP contribution in [-0.4, -0.2) is 11.6 Å². The zero-order chi connectivity index (χ0) is 15.0. The summed E-state index contributed by atoms with van der Waals surface area (Å²) in [6, 6.07) is 5.77. The average molecular weight is 284 g/mol. The van der Waals surface area contributed by atoms with Crippen molar-refractivity contribution in [3.63, 3.8) is 0 Å². The minimum absolute atomic E-state index is 0.111. The molecular formula is C18H24N2O. The molecule has 0 aromatic heterocycles. The summed E-state index contributed by atoms with van der Waals surface area (Å²) >= 11 is 0. The third-order valence-electron chi connectivity index (χ3n) is 5.38. The molecule has 3 rings (SSSR count). The Balaban J connectivity index is 1.64. The second kappa shape index (κ2) is 5.63. The van der Waals surface area contributed by atoms with Gasteiger partial charge in [0.15, 0.2) is 0 Å². The van der Waals surface area contributed by atoms with E-state index in [0.717, 1.165) is 23.1 Å². The van der Waals surface area contributed by atoms with Crippen molar-refractivity contribution in [3.8, 4) is 0 Å². The first kappa shape index (κ1) is 14.3. The molecule has 21 heavy (non-hydrogen) atoms. The SMILES string of the molecule is CC(=NNC(=O)c1ccc(C)c(C)c1)[C@@H]1C[C@H]2CC[C@H]1C2. The maximum absolute atomic E-state index is 12.2. The van der Waals surface area contributed by atoms with Gasteiger partial charge in [-0.05, 0) is 75.1 Å². The van der Waals surface area contributed by atoms with Crippen LogP contribution in [0.15, 0.2) is 23.3 Å². The molecule has 3 nitrogen and oxygen atoms in total. The molecule has 2 bridgehead atoms. The summed E-state index contributed by atoms with van der Waals surface area (Å²) in [6.07, 6.45) is 5.36. The van der Waals surface area contributed by atoms with E-state index in [1.807, 2.05) is 25.1 Å². The van der Waals surface area contributed by atoms with Crippen LogP contribution < -0.4 is 5.43 Å². The van der Waals surface area contributed by atoms with Crippen LogP contribution in [0.3, 0.4) is 0 Å². The quantitative estimate of drug-likeness (QED) is 0.665. The molecule has 0 spiro atoms. The van der Waals surface area contributed by atoms with Crippen LogP contribution in [0.1, 0.15) is 54.1 Å². The Bertz CT molecular complexity index is 591. The Labute approximate surface area is 126 Å². The minimum atomic E-state index is -0.111. The van der Waals surface area contributed by atoms with E-state index in [9.17, 15) is 4.79 Å². The number of carbonyl (C=O) groups excluding carboxylic acids is 1. The van der Waals surface area contributed by atoms with E-state index in [1.165, 1.54) is 31.2 Å². The van der Waals surface area contributed by atoms with E-state index >= 15 is 0 Å². The second-order valence-corrected chi connectivity index (χ2v) is 6.77. The van der Waals surface area contributed by atoms with Crippen molar-refractivity contribution in [1.82, 2.24) is 5.43 Å². The predicted octanol–water partition coefficient (Wildman–Crippen LogP) is 3.85. The molecule has 3 atom stereocenters. The summed E-state index contributed by atoms with van der Waals surface area (Å²) in [5.74, 6) is 2.18. The van der Waals surface area contributed by atoms with Gasteiger partial charge in [-0.3, -0.25) is 4.79 Å². The molecule has 112 valence electrons. The standard InChI is InChI=1S/C18H24N2O/c1-11-4-6-16(8-12(11)2)18(21)20-19-13(3)17-10-14-5-7-15(17)9-14/h4,6,8,14-15,17H,5,7,9-10H2,1-3H3,(H,20,21)/t14-,15-,17-/m0/s1. The zero-order valence-corrected chi connectivity index (χ0v) is 13.1. The van der Waals surface area contributed by atoms with E-state index < -0.39 is 0 Å². The number of carbonyl (C=O) groups is 1. The van der Waals surface area contributed by atoms with Gasteiger partial charge in [-0.25, -0.2) is 5.43 Å². The Hall–Kier alpha value is -1.64. The molecule has 0 radical (unpaired) electrons. The molecule has 0 heterocycles. The summed E-state index contributed by atoms with van der Waals surface area (Å²) in [5, 5.41) is 4.37. The number of nitrogens with one attached hydrogen (secondary N) is 1. The van der Waals surface area contributed by atoms with Crippen molar-refractivity contribution < 1.29 is 4.79 Å². The minimum Gasteiger partial charge on any atom is -0.267 e. The highest BCUT2D eigenvalue weighted by molar-refractivity contribution is 5.95. The van der Waals surface area contributed by atoms with Crippen molar-refractivity contribution in [3.05, 3.63) is 34.9 Å². The van der Waals surface area contributed by atoms with Gasteiger partial charge in [-0.15, -0.1) is 0 Å². The number of hydrogen-bond acceptors (Lipinski definition) is 2. The van der Waals surface area contributed by atoms with E-state index in [0.29, 0.717) is 11.5 Å². The Morgan fingerprint density at radius 1 is 1.19 bits per heavy atom. The number of fused-ring (bicyclic) bond motifs is 2. The van der Waals surface area contributed by atoms with Crippen LogP contribution in [-0.2, 0) is 0 Å². The van der Waals surface area contributed by atoms with Crippen LogP contribution in [0.25, 0.3) is 0 Å². The van der Waals surface area contributed by atoms with Gasteiger partial charge in [-0.2, -0.15) is 5.10 Å². The van der Waals surface area contributed by atoms with E-state index in [4.69, 9.17) is 0 Å². The number of rotatable bonds is 3. The molecule has 1 aromatic carbocycles. The van der Waals surface area contributed by atoms with Crippen molar-refractivity contribution in [1.29, 1.82) is 0 Å². The lowest BCUT2D eigenvalue weighted by Gasteiger charge is -2.21. The number of hydrogen-bond donors (Lipinski definition) is 1. The van der Waals surface area contributed by atoms with Crippen molar-refractivity contribution in [2.24, 2.45) is 22.9 Å². The van der Waals surface area contributed by atoms with Crippen molar-refractivity contribution in [2.45, 2.75) is 46.5 Å². The Kier molecular flexibility index (Phi) is 3.83. The fourth-order valence-corrected chi connectivity index (χ4v) is 3.93. The van der Waals surface area contributed by atoms with Gasteiger partial charge in [0.05, 0.1) is 0 Å². The summed E-state index contributed by atoms with van der Waals surface area (Å²) in [5.41, 5.74) is 6.85. The normalized spacial score (nSPS) is 28.0. The first-order valence-electron chi connectivity index (χ1n) is 7.96. The highest BCUT2D eigenvalue weighted by atomic mass is 16.2. The molecule has 2 saturated carbocycles. The van der Waals surface area contributed by atoms with Crippen molar-refractivity contribution in [2.75, 3.05) is 0 Å². The molecule has 2 aliphatic rings. The number of amides is 1. The topological polar surface area (TPSA) is 41.5 Å².